The Morgan fingerprint density at radius 1 is 1.14 bits per heavy atom. The number of guanidine groups is 1. The van der Waals surface area contributed by atoms with Gasteiger partial charge in [0, 0.05) is 46.0 Å². The van der Waals surface area contributed by atoms with E-state index < -0.39 is 17.6 Å². The van der Waals surface area contributed by atoms with Crippen LogP contribution >= 0.6 is 0 Å². The molecule has 1 fully saturated rings. The Bertz CT molecular complexity index is 815. The zero-order chi connectivity index (χ0) is 20.1. The van der Waals surface area contributed by atoms with Gasteiger partial charge in [-0.1, -0.05) is 12.1 Å². The Morgan fingerprint density at radius 2 is 1.89 bits per heavy atom. The van der Waals surface area contributed by atoms with Crippen molar-refractivity contribution in [3.63, 3.8) is 0 Å². The van der Waals surface area contributed by atoms with E-state index in [1.54, 1.807) is 13.2 Å². The quantitative estimate of drug-likeness (QED) is 0.493. The van der Waals surface area contributed by atoms with Crippen LogP contribution in [0.15, 0.2) is 47.6 Å². The summed E-state index contributed by atoms with van der Waals surface area (Å²) in [5.74, 6) is 0.496. The molecule has 0 unspecified atom stereocenters. The predicted octanol–water partition coefficient (Wildman–Crippen LogP) is 3.14. The van der Waals surface area contributed by atoms with Gasteiger partial charge >= 0.3 is 6.18 Å². The fraction of sp³-hybridized carbons (Fsp3) is 0.368. The summed E-state index contributed by atoms with van der Waals surface area (Å²) in [6, 6.07) is 8.42. The highest BCUT2D eigenvalue weighted by molar-refractivity contribution is 5.80. The molecule has 2 aromatic rings. The second-order valence-corrected chi connectivity index (χ2v) is 6.36. The summed E-state index contributed by atoms with van der Waals surface area (Å²) in [4.78, 5) is 12.6. The third-order valence-corrected chi connectivity index (χ3v) is 4.58. The number of hydrogen-bond acceptors (Lipinski definition) is 3. The van der Waals surface area contributed by atoms with Crippen molar-refractivity contribution < 1.29 is 17.6 Å². The van der Waals surface area contributed by atoms with Crippen molar-refractivity contribution in [2.45, 2.75) is 12.7 Å². The van der Waals surface area contributed by atoms with Crippen LogP contribution in [0.1, 0.15) is 11.1 Å². The number of hydrogen-bond donors (Lipinski definition) is 1. The molecular weight excluding hydrogens is 374 g/mol. The Hall–Kier alpha value is -2.84. The normalized spacial score (nSPS) is 15.7. The first-order chi connectivity index (χ1) is 13.4. The number of anilines is 1. The van der Waals surface area contributed by atoms with Crippen LogP contribution in [-0.2, 0) is 12.7 Å². The van der Waals surface area contributed by atoms with Gasteiger partial charge in [-0.15, -0.1) is 0 Å². The maximum absolute atomic E-state index is 13.2. The van der Waals surface area contributed by atoms with Crippen molar-refractivity contribution in [2.24, 2.45) is 4.99 Å². The van der Waals surface area contributed by atoms with Gasteiger partial charge in [0.15, 0.2) is 5.96 Å². The predicted molar refractivity (Wildman–Crippen MR) is 99.6 cm³/mol. The van der Waals surface area contributed by atoms with Crippen molar-refractivity contribution >= 4 is 11.8 Å². The molecule has 0 radical (unpaired) electrons. The average Bonchev–Trinajstić information content (AvgIpc) is 2.70. The van der Waals surface area contributed by atoms with Gasteiger partial charge in [-0.3, -0.25) is 4.99 Å². The second-order valence-electron chi connectivity index (χ2n) is 6.36. The molecule has 1 aromatic heterocycles. The second kappa shape index (κ2) is 8.45. The lowest BCUT2D eigenvalue weighted by Gasteiger charge is -2.37. The summed E-state index contributed by atoms with van der Waals surface area (Å²) in [5, 5.41) is 2.96. The number of nitrogens with one attached hydrogen (secondary N) is 1. The first kappa shape index (κ1) is 19.9. The fourth-order valence-corrected chi connectivity index (χ4v) is 3.16. The van der Waals surface area contributed by atoms with E-state index in [4.69, 9.17) is 0 Å². The summed E-state index contributed by atoms with van der Waals surface area (Å²) in [7, 11) is 1.59. The zero-order valence-corrected chi connectivity index (χ0v) is 15.4. The number of pyridine rings is 1. The van der Waals surface area contributed by atoms with E-state index in [2.05, 4.69) is 20.2 Å². The number of alkyl halides is 3. The highest BCUT2D eigenvalue weighted by atomic mass is 19.4. The van der Waals surface area contributed by atoms with Crippen LogP contribution in [0.4, 0.5) is 23.4 Å². The van der Waals surface area contributed by atoms with Gasteiger partial charge in [0.25, 0.3) is 0 Å². The highest BCUT2D eigenvalue weighted by Gasteiger charge is 2.33. The zero-order valence-electron chi connectivity index (χ0n) is 15.4. The molecule has 3 rings (SSSR count). The van der Waals surface area contributed by atoms with Gasteiger partial charge in [0.1, 0.15) is 11.6 Å². The lowest BCUT2D eigenvalue weighted by molar-refractivity contribution is -0.138. The molecule has 0 atom stereocenters. The van der Waals surface area contributed by atoms with E-state index in [1.165, 1.54) is 0 Å². The number of nitrogens with zero attached hydrogens (tertiary/aromatic N) is 4. The molecule has 1 saturated heterocycles. The van der Waals surface area contributed by atoms with Crippen LogP contribution in [0.25, 0.3) is 0 Å². The van der Waals surface area contributed by atoms with Crippen LogP contribution in [0.5, 0.6) is 0 Å². The molecular formula is C19H21F4N5. The maximum Gasteiger partial charge on any atom is 0.416 e. The molecule has 5 nitrogen and oxygen atoms in total. The first-order valence-electron chi connectivity index (χ1n) is 8.85. The third-order valence-electron chi connectivity index (χ3n) is 4.58. The Labute approximate surface area is 160 Å². The van der Waals surface area contributed by atoms with Crippen molar-refractivity contribution in [1.29, 1.82) is 0 Å². The number of benzene rings is 1. The largest absolute Gasteiger partial charge is 0.416 e. The maximum atomic E-state index is 13.2. The summed E-state index contributed by atoms with van der Waals surface area (Å²) >= 11 is 0. The topological polar surface area (TPSA) is 43.8 Å². The molecule has 0 aliphatic carbocycles. The molecule has 0 amide bonds. The molecule has 1 N–H and O–H groups in total. The summed E-state index contributed by atoms with van der Waals surface area (Å²) in [6.45, 7) is 2.67. The summed E-state index contributed by atoms with van der Waals surface area (Å²) < 4.78 is 52.7. The lowest BCUT2D eigenvalue weighted by Crippen LogP contribution is -2.52. The number of piperazine rings is 1. The number of aromatic nitrogens is 1. The molecule has 1 aromatic carbocycles. The van der Waals surface area contributed by atoms with Gasteiger partial charge in [-0.25, -0.2) is 9.37 Å². The molecule has 1 aliphatic heterocycles. The van der Waals surface area contributed by atoms with Crippen LogP contribution in [0, 0.1) is 5.82 Å². The highest BCUT2D eigenvalue weighted by Crippen LogP contribution is 2.32. The minimum absolute atomic E-state index is 0.0258. The molecule has 9 heteroatoms. The van der Waals surface area contributed by atoms with E-state index in [1.807, 2.05) is 23.1 Å². The third kappa shape index (κ3) is 4.71. The molecule has 150 valence electrons. The van der Waals surface area contributed by atoms with Crippen LogP contribution in [-0.4, -0.2) is 49.1 Å². The summed E-state index contributed by atoms with van der Waals surface area (Å²) in [5.41, 5.74) is -1.00. The van der Waals surface area contributed by atoms with E-state index in [9.17, 15) is 17.6 Å². The van der Waals surface area contributed by atoms with Crippen molar-refractivity contribution in [2.75, 3.05) is 38.1 Å². The van der Waals surface area contributed by atoms with E-state index >= 15 is 0 Å². The standard InChI is InChI=1S/C19H21F4N5/c1-24-18(26-13-14-5-6-15(20)12-16(14)19(21,22)23)28-10-8-27(9-11-28)17-4-2-3-7-25-17/h2-7,12H,8-11,13H2,1H3,(H,24,26). The minimum atomic E-state index is -4.61. The number of halogens is 4. The lowest BCUT2D eigenvalue weighted by atomic mass is 10.1. The van der Waals surface area contributed by atoms with Crippen LogP contribution in [0.2, 0.25) is 0 Å². The van der Waals surface area contributed by atoms with Crippen LogP contribution < -0.4 is 10.2 Å². The van der Waals surface area contributed by atoms with Gasteiger partial charge in [-0.05, 0) is 29.8 Å². The average molecular weight is 395 g/mol. The van der Waals surface area contributed by atoms with Gasteiger partial charge in [0.2, 0.25) is 0 Å². The minimum Gasteiger partial charge on any atom is -0.353 e. The smallest absolute Gasteiger partial charge is 0.353 e. The Kier molecular flexibility index (Phi) is 6.01. The molecule has 0 spiro atoms. The van der Waals surface area contributed by atoms with Gasteiger partial charge < -0.3 is 15.1 Å². The Morgan fingerprint density at radius 3 is 2.50 bits per heavy atom. The monoisotopic (exact) mass is 395 g/mol. The van der Waals surface area contributed by atoms with E-state index in [0.717, 1.165) is 31.0 Å². The van der Waals surface area contributed by atoms with E-state index in [0.29, 0.717) is 25.1 Å². The van der Waals surface area contributed by atoms with Crippen molar-refractivity contribution in [1.82, 2.24) is 15.2 Å². The fourth-order valence-electron chi connectivity index (χ4n) is 3.16. The molecule has 0 saturated carbocycles. The number of aliphatic imine (C=N–C) groups is 1. The van der Waals surface area contributed by atoms with Gasteiger partial charge in [-0.2, -0.15) is 13.2 Å². The van der Waals surface area contributed by atoms with Crippen molar-refractivity contribution in [3.8, 4) is 0 Å². The van der Waals surface area contributed by atoms with Crippen LogP contribution in [0.3, 0.4) is 0 Å². The SMILES string of the molecule is CN=C(NCc1ccc(F)cc1C(F)(F)F)N1CCN(c2ccccn2)CC1. The van der Waals surface area contributed by atoms with Gasteiger partial charge in [0.05, 0.1) is 5.56 Å². The number of rotatable bonds is 3. The molecule has 0 bridgehead atoms. The molecule has 1 aliphatic rings. The first-order valence-corrected chi connectivity index (χ1v) is 8.85. The van der Waals surface area contributed by atoms with E-state index in [-0.39, 0.29) is 12.1 Å². The van der Waals surface area contributed by atoms with Crippen molar-refractivity contribution in [3.05, 3.63) is 59.5 Å². The molecule has 2 heterocycles. The Balaban J connectivity index is 1.62. The summed E-state index contributed by atoms with van der Waals surface area (Å²) in [6.07, 6.45) is -2.87. The molecule has 28 heavy (non-hydrogen) atoms.